The van der Waals surface area contributed by atoms with Crippen LogP contribution in [0.2, 0.25) is 0 Å². The Morgan fingerprint density at radius 2 is 1.92 bits per heavy atom. The minimum absolute atomic E-state index is 0.0669. The molecular weight excluding hydrogens is 529 g/mol. The zero-order chi connectivity index (χ0) is 28.3. The minimum Gasteiger partial charge on any atom is -0.462 e. The fourth-order valence-corrected chi connectivity index (χ4v) is 5.96. The van der Waals surface area contributed by atoms with Crippen LogP contribution in [0, 0.1) is 5.92 Å². The van der Waals surface area contributed by atoms with Gasteiger partial charge >= 0.3 is 25.3 Å². The van der Waals surface area contributed by atoms with E-state index in [1.165, 1.54) is 13.0 Å². The molecule has 3 rings (SSSR count). The normalized spacial score (nSPS) is 27.2. The molecule has 0 spiro atoms. The van der Waals surface area contributed by atoms with Crippen molar-refractivity contribution in [2.75, 3.05) is 11.9 Å². The summed E-state index contributed by atoms with van der Waals surface area (Å²) in [7, 11) is -4.35. The zero-order valence-electron chi connectivity index (χ0n) is 22.0. The summed E-state index contributed by atoms with van der Waals surface area (Å²) in [5.74, 6) is -5.21. The lowest BCUT2D eigenvalue weighted by molar-refractivity contribution is -0.149. The third-order valence-corrected chi connectivity index (χ3v) is 7.74. The standard InChI is InChI=1S/C23H35F2N4O8P/c1-6-8-15(9-7-2)19(30)26-17-10-11-29(22(32)27-17)21-23(24,25)18-16(36-21)12-34-38(33,37-18)28-14(5)20(31)35-13(3)4/h10-11,13-16,18,21H,6-9,12H2,1-5H3,(H,28,33)(H,26,27,30,32)/t14-,16-,18-,21-,38?/m1/s1. The van der Waals surface area contributed by atoms with Gasteiger partial charge in [0.25, 0.3) is 0 Å². The van der Waals surface area contributed by atoms with Crippen molar-refractivity contribution in [3.8, 4) is 0 Å². The molecule has 5 atom stereocenters. The van der Waals surface area contributed by atoms with Gasteiger partial charge in [0.05, 0.1) is 12.7 Å². The third-order valence-electron chi connectivity index (χ3n) is 6.05. The number of rotatable bonds is 11. The molecular formula is C23H35F2N4O8P. The number of nitrogens with zero attached hydrogens (tertiary/aromatic N) is 2. The van der Waals surface area contributed by atoms with E-state index in [2.05, 4.69) is 15.4 Å². The molecule has 15 heteroatoms. The molecule has 1 unspecified atom stereocenters. The smallest absolute Gasteiger partial charge is 0.406 e. The third kappa shape index (κ3) is 6.84. The second-order valence-corrected chi connectivity index (χ2v) is 11.3. The highest BCUT2D eigenvalue weighted by Gasteiger charge is 2.65. The zero-order valence-corrected chi connectivity index (χ0v) is 22.9. The first kappa shape index (κ1) is 30.3. The van der Waals surface area contributed by atoms with Crippen molar-refractivity contribution in [3.05, 3.63) is 22.7 Å². The molecule has 2 fully saturated rings. The summed E-state index contributed by atoms with van der Waals surface area (Å²) >= 11 is 0. The molecule has 2 aliphatic rings. The molecule has 0 radical (unpaired) electrons. The monoisotopic (exact) mass is 564 g/mol. The molecule has 214 valence electrons. The first-order valence-corrected chi connectivity index (χ1v) is 14.2. The van der Waals surface area contributed by atoms with Crippen LogP contribution in [-0.2, 0) is 32.7 Å². The summed E-state index contributed by atoms with van der Waals surface area (Å²) < 4.78 is 65.0. The van der Waals surface area contributed by atoms with Crippen LogP contribution in [0.15, 0.2) is 17.1 Å². The molecule has 2 saturated heterocycles. The van der Waals surface area contributed by atoms with Crippen molar-refractivity contribution in [2.45, 2.75) is 96.8 Å². The first-order chi connectivity index (χ1) is 17.8. The SMILES string of the molecule is CCCC(CCC)C(=O)Nc1ccn([C@@H]2O[C@@H]3COP(=O)(N[C@H](C)C(=O)OC(C)C)O[C@H]3C2(F)F)c(=O)n1. The van der Waals surface area contributed by atoms with E-state index in [0.29, 0.717) is 17.4 Å². The molecule has 12 nitrogen and oxygen atoms in total. The number of alkyl halides is 2. The lowest BCUT2D eigenvalue weighted by atomic mass is 9.97. The minimum atomic E-state index is -4.35. The number of nitrogens with one attached hydrogen (secondary N) is 2. The van der Waals surface area contributed by atoms with Gasteiger partial charge in [0.15, 0.2) is 6.10 Å². The van der Waals surface area contributed by atoms with Crippen LogP contribution in [0.5, 0.6) is 0 Å². The Bertz CT molecular complexity index is 1110. The number of esters is 1. The second kappa shape index (κ2) is 12.3. The number of ether oxygens (including phenoxy) is 2. The fraction of sp³-hybridized carbons (Fsp3) is 0.739. The maximum absolute atomic E-state index is 15.4. The highest BCUT2D eigenvalue weighted by atomic mass is 31.2. The van der Waals surface area contributed by atoms with E-state index in [4.69, 9.17) is 18.5 Å². The molecule has 0 saturated carbocycles. The largest absolute Gasteiger partial charge is 0.462 e. The number of fused-ring (bicyclic) bond motifs is 1. The number of carbonyl (C=O) groups is 2. The molecule has 0 bridgehead atoms. The van der Waals surface area contributed by atoms with Crippen molar-refractivity contribution >= 4 is 25.4 Å². The summed E-state index contributed by atoms with van der Waals surface area (Å²) in [6.07, 6.45) is -1.99. The topological polar surface area (TPSA) is 147 Å². The van der Waals surface area contributed by atoms with Crippen molar-refractivity contribution in [3.63, 3.8) is 0 Å². The molecule has 0 aromatic carbocycles. The maximum atomic E-state index is 15.4. The van der Waals surface area contributed by atoms with Gasteiger partial charge in [0, 0.05) is 12.1 Å². The van der Waals surface area contributed by atoms with Gasteiger partial charge in [-0.2, -0.15) is 13.8 Å². The number of hydrogen-bond acceptors (Lipinski definition) is 9. The Kier molecular flexibility index (Phi) is 9.80. The Labute approximate surface area is 219 Å². The molecule has 0 aliphatic carbocycles. The lowest BCUT2D eigenvalue weighted by Gasteiger charge is -2.33. The van der Waals surface area contributed by atoms with Gasteiger partial charge in [-0.3, -0.25) is 23.2 Å². The summed E-state index contributed by atoms with van der Waals surface area (Å²) in [4.78, 5) is 41.0. The first-order valence-electron chi connectivity index (χ1n) is 12.7. The van der Waals surface area contributed by atoms with E-state index in [1.54, 1.807) is 13.8 Å². The van der Waals surface area contributed by atoms with E-state index in [1.807, 2.05) is 13.8 Å². The van der Waals surface area contributed by atoms with Crippen molar-refractivity contribution in [1.29, 1.82) is 0 Å². The Morgan fingerprint density at radius 1 is 1.26 bits per heavy atom. The van der Waals surface area contributed by atoms with Crippen molar-refractivity contribution < 1.29 is 41.5 Å². The van der Waals surface area contributed by atoms with Crippen LogP contribution in [0.3, 0.4) is 0 Å². The summed E-state index contributed by atoms with van der Waals surface area (Å²) in [5, 5.41) is 4.87. The van der Waals surface area contributed by atoms with Gasteiger partial charge in [-0.25, -0.2) is 14.4 Å². The van der Waals surface area contributed by atoms with Gasteiger partial charge in [0.2, 0.25) is 12.1 Å². The summed E-state index contributed by atoms with van der Waals surface area (Å²) in [6.45, 7) is 7.94. The van der Waals surface area contributed by atoms with Crippen LogP contribution >= 0.6 is 7.75 Å². The van der Waals surface area contributed by atoms with Crippen molar-refractivity contribution in [2.24, 2.45) is 5.92 Å². The lowest BCUT2D eigenvalue weighted by Crippen LogP contribution is -2.47. The number of anilines is 1. The van der Waals surface area contributed by atoms with Crippen LogP contribution in [0.25, 0.3) is 0 Å². The van der Waals surface area contributed by atoms with Gasteiger partial charge in [-0.15, -0.1) is 0 Å². The average molecular weight is 565 g/mol. The van der Waals surface area contributed by atoms with E-state index in [0.717, 1.165) is 19.0 Å². The van der Waals surface area contributed by atoms with E-state index in [-0.39, 0.29) is 17.6 Å². The number of halogens is 2. The van der Waals surface area contributed by atoms with Gasteiger partial charge < -0.3 is 14.8 Å². The van der Waals surface area contributed by atoms with Crippen molar-refractivity contribution in [1.82, 2.24) is 14.6 Å². The molecule has 2 N–H and O–H groups in total. The number of aromatic nitrogens is 2. The van der Waals surface area contributed by atoms with Gasteiger partial charge in [-0.05, 0) is 39.7 Å². The van der Waals surface area contributed by atoms with E-state index < -0.39 is 62.5 Å². The second-order valence-electron chi connectivity index (χ2n) is 9.62. The molecule has 1 aromatic heterocycles. The molecule has 1 aromatic rings. The molecule has 1 amide bonds. The highest BCUT2D eigenvalue weighted by Crippen LogP contribution is 2.57. The predicted molar refractivity (Wildman–Crippen MR) is 132 cm³/mol. The van der Waals surface area contributed by atoms with Crippen LogP contribution < -0.4 is 16.1 Å². The molecule has 2 aliphatic heterocycles. The van der Waals surface area contributed by atoms with E-state index >= 15 is 8.78 Å². The van der Waals surface area contributed by atoms with Gasteiger partial charge in [0.1, 0.15) is 18.0 Å². The Hall–Kier alpha value is -2.25. The average Bonchev–Trinajstić information content (AvgIpc) is 3.08. The number of carbonyl (C=O) groups excluding carboxylic acids is 2. The number of hydrogen-bond donors (Lipinski definition) is 2. The van der Waals surface area contributed by atoms with Gasteiger partial charge in [-0.1, -0.05) is 26.7 Å². The Morgan fingerprint density at radius 3 is 2.50 bits per heavy atom. The predicted octanol–water partition coefficient (Wildman–Crippen LogP) is 3.38. The Balaban J connectivity index is 1.73. The molecule has 38 heavy (non-hydrogen) atoms. The maximum Gasteiger partial charge on any atom is 0.406 e. The van der Waals surface area contributed by atoms with Crippen LogP contribution in [0.4, 0.5) is 14.6 Å². The highest BCUT2D eigenvalue weighted by molar-refractivity contribution is 7.51. The van der Waals surface area contributed by atoms with Crippen LogP contribution in [0.1, 0.15) is 66.5 Å². The van der Waals surface area contributed by atoms with Crippen LogP contribution in [-0.4, -0.2) is 58.3 Å². The number of amides is 1. The quantitative estimate of drug-likeness (QED) is 0.303. The summed E-state index contributed by atoms with van der Waals surface area (Å²) in [6, 6.07) is 0.0527. The summed E-state index contributed by atoms with van der Waals surface area (Å²) in [5.41, 5.74) is -1.08. The molecule has 3 heterocycles. The fourth-order valence-electron chi connectivity index (χ4n) is 4.27. The van der Waals surface area contributed by atoms with E-state index in [9.17, 15) is 18.9 Å².